The first-order chi connectivity index (χ1) is 13.8. The van der Waals surface area contributed by atoms with E-state index >= 15 is 0 Å². The maximum Gasteiger partial charge on any atom is 0.355 e. The van der Waals surface area contributed by atoms with E-state index in [9.17, 15) is 9.59 Å². The van der Waals surface area contributed by atoms with Crippen LogP contribution in [-0.2, 0) is 11.3 Å². The van der Waals surface area contributed by atoms with Gasteiger partial charge in [0.2, 0.25) is 0 Å². The first-order valence-electron chi connectivity index (χ1n) is 10.5. The topological polar surface area (TPSA) is 71.3 Å². The van der Waals surface area contributed by atoms with E-state index in [2.05, 4.69) is 19.1 Å². The summed E-state index contributed by atoms with van der Waals surface area (Å²) in [5.74, 6) is -0.459. The van der Waals surface area contributed by atoms with Gasteiger partial charge in [0.05, 0.1) is 50.9 Å². The SMILES string of the molecule is CCOC(=O)c1[nH]c2ccc(N(C)C)cc2c(=O)c1C[NH+](C)C1CC[NH+](C)CC1. The van der Waals surface area contributed by atoms with Crippen LogP contribution >= 0.6 is 0 Å². The number of aromatic amines is 1. The van der Waals surface area contributed by atoms with Crippen LogP contribution in [0.25, 0.3) is 10.9 Å². The predicted octanol–water partition coefficient (Wildman–Crippen LogP) is -0.537. The van der Waals surface area contributed by atoms with E-state index in [-0.39, 0.29) is 12.0 Å². The Bertz CT molecular complexity index is 930. The smallest absolute Gasteiger partial charge is 0.355 e. The molecule has 3 rings (SSSR count). The zero-order valence-electron chi connectivity index (χ0n) is 18.2. The van der Waals surface area contributed by atoms with Crippen LogP contribution in [0, 0.1) is 0 Å². The van der Waals surface area contributed by atoms with E-state index in [1.165, 1.54) is 4.90 Å². The second-order valence-electron chi connectivity index (χ2n) is 8.41. The van der Waals surface area contributed by atoms with Crippen molar-refractivity contribution in [2.24, 2.45) is 0 Å². The number of esters is 1. The van der Waals surface area contributed by atoms with Gasteiger partial charge in [0.15, 0.2) is 5.43 Å². The molecule has 158 valence electrons. The van der Waals surface area contributed by atoms with E-state index < -0.39 is 5.97 Å². The molecule has 0 saturated carbocycles. The van der Waals surface area contributed by atoms with E-state index in [4.69, 9.17) is 4.74 Å². The lowest BCUT2D eigenvalue weighted by molar-refractivity contribution is -0.948. The average molecular weight is 403 g/mol. The molecule has 0 amide bonds. The van der Waals surface area contributed by atoms with Gasteiger partial charge in [-0.1, -0.05) is 0 Å². The molecule has 1 saturated heterocycles. The van der Waals surface area contributed by atoms with Crippen molar-refractivity contribution in [2.75, 3.05) is 52.8 Å². The van der Waals surface area contributed by atoms with Crippen molar-refractivity contribution in [1.82, 2.24) is 4.98 Å². The number of quaternary nitrogens is 2. The van der Waals surface area contributed by atoms with Crippen molar-refractivity contribution < 1.29 is 19.3 Å². The number of carbonyl (C=O) groups excluding carboxylic acids is 1. The number of nitrogens with one attached hydrogen (secondary N) is 3. The van der Waals surface area contributed by atoms with Crippen LogP contribution in [0.4, 0.5) is 5.69 Å². The number of rotatable bonds is 6. The third-order valence-corrected chi connectivity index (χ3v) is 6.07. The maximum absolute atomic E-state index is 13.4. The first kappa shape index (κ1) is 21.3. The van der Waals surface area contributed by atoms with Gasteiger partial charge in [-0.3, -0.25) is 4.79 Å². The summed E-state index contributed by atoms with van der Waals surface area (Å²) in [5.41, 5.74) is 2.35. The third-order valence-electron chi connectivity index (χ3n) is 6.07. The van der Waals surface area contributed by atoms with Crippen molar-refractivity contribution in [3.05, 3.63) is 39.7 Å². The highest BCUT2D eigenvalue weighted by atomic mass is 16.5. The lowest BCUT2D eigenvalue weighted by Crippen LogP contribution is -3.17. The van der Waals surface area contributed by atoms with Gasteiger partial charge in [-0.25, -0.2) is 4.79 Å². The number of likely N-dealkylation sites (tertiary alicyclic amines) is 1. The van der Waals surface area contributed by atoms with Crippen LogP contribution in [0.2, 0.25) is 0 Å². The highest BCUT2D eigenvalue weighted by Gasteiger charge is 2.29. The number of hydrogen-bond acceptors (Lipinski definition) is 4. The van der Waals surface area contributed by atoms with Crippen molar-refractivity contribution in [3.63, 3.8) is 0 Å². The van der Waals surface area contributed by atoms with E-state index in [0.717, 1.165) is 31.6 Å². The minimum Gasteiger partial charge on any atom is -0.461 e. The Morgan fingerprint density at radius 3 is 2.62 bits per heavy atom. The molecule has 2 aromatic rings. The van der Waals surface area contributed by atoms with Crippen LogP contribution in [0.3, 0.4) is 0 Å². The maximum atomic E-state index is 13.4. The average Bonchev–Trinajstić information content (AvgIpc) is 2.70. The molecule has 0 aliphatic carbocycles. The Morgan fingerprint density at radius 1 is 1.31 bits per heavy atom. The van der Waals surface area contributed by atoms with E-state index in [1.807, 2.05) is 37.2 Å². The van der Waals surface area contributed by atoms with Gasteiger partial charge in [-0.05, 0) is 25.1 Å². The summed E-state index contributed by atoms with van der Waals surface area (Å²) in [4.78, 5) is 34.1. The molecule has 0 spiro atoms. The number of piperidine rings is 1. The Balaban J connectivity index is 2.03. The van der Waals surface area contributed by atoms with Crippen molar-refractivity contribution in [1.29, 1.82) is 0 Å². The third kappa shape index (κ3) is 4.62. The molecule has 1 unspecified atom stereocenters. The fraction of sp³-hybridized carbons (Fsp3) is 0.545. The molecule has 1 aromatic heterocycles. The Hall–Kier alpha value is -2.38. The lowest BCUT2D eigenvalue weighted by Gasteiger charge is -2.30. The highest BCUT2D eigenvalue weighted by Crippen LogP contribution is 2.19. The first-order valence-corrected chi connectivity index (χ1v) is 10.5. The number of H-pyrrole nitrogens is 1. The number of nitrogens with zero attached hydrogens (tertiary/aromatic N) is 1. The molecule has 0 radical (unpaired) electrons. The van der Waals surface area contributed by atoms with E-state index in [0.29, 0.717) is 34.7 Å². The largest absolute Gasteiger partial charge is 0.461 e. The standard InChI is InChI=1S/C22H32N4O3/c1-6-29-22(28)20-18(14-26(5)15-9-11-25(4)12-10-15)21(27)17-13-16(24(2)3)7-8-19(17)23-20/h7-8,13,15H,6,9-12,14H2,1-5H3,(H,23,27)/p+2. The molecule has 0 bridgehead atoms. The number of hydrogen-bond donors (Lipinski definition) is 3. The molecule has 1 atom stereocenters. The summed E-state index contributed by atoms with van der Waals surface area (Å²) in [6, 6.07) is 6.18. The molecule has 1 aliphatic heterocycles. The number of pyridine rings is 1. The molecule has 7 heteroatoms. The number of fused-ring (bicyclic) bond motifs is 1. The van der Waals surface area contributed by atoms with Gasteiger partial charge < -0.3 is 24.4 Å². The number of anilines is 1. The van der Waals surface area contributed by atoms with Crippen molar-refractivity contribution in [2.45, 2.75) is 32.4 Å². The summed E-state index contributed by atoms with van der Waals surface area (Å²) in [7, 11) is 8.24. The fourth-order valence-corrected chi connectivity index (χ4v) is 4.17. The van der Waals surface area contributed by atoms with Gasteiger partial charge >= 0.3 is 5.97 Å². The highest BCUT2D eigenvalue weighted by molar-refractivity contribution is 5.93. The molecular weight excluding hydrogens is 368 g/mol. The molecule has 1 aromatic carbocycles. The van der Waals surface area contributed by atoms with Gasteiger partial charge in [-0.15, -0.1) is 0 Å². The molecule has 7 nitrogen and oxygen atoms in total. The minimum absolute atomic E-state index is 0.0802. The molecule has 1 aliphatic rings. The zero-order valence-corrected chi connectivity index (χ0v) is 18.2. The summed E-state index contributed by atoms with van der Waals surface area (Å²) in [6.45, 7) is 4.85. The number of aromatic nitrogens is 1. The molecular formula is C22H34N4O3+2. The summed E-state index contributed by atoms with van der Waals surface area (Å²) >= 11 is 0. The van der Waals surface area contributed by atoms with Crippen LogP contribution in [0.5, 0.6) is 0 Å². The zero-order chi connectivity index (χ0) is 21.1. The Morgan fingerprint density at radius 2 is 2.00 bits per heavy atom. The van der Waals surface area contributed by atoms with Gasteiger partial charge in [0, 0.05) is 38.0 Å². The van der Waals surface area contributed by atoms with Gasteiger partial charge in [0.25, 0.3) is 0 Å². The summed E-state index contributed by atoms with van der Waals surface area (Å²) < 4.78 is 5.25. The number of ether oxygens (including phenoxy) is 1. The normalized spacial score (nSPS) is 20.4. The Kier molecular flexibility index (Phi) is 6.59. The molecule has 1 fully saturated rings. The van der Waals surface area contributed by atoms with Gasteiger partial charge in [0.1, 0.15) is 12.2 Å². The summed E-state index contributed by atoms with van der Waals surface area (Å²) in [5, 5.41) is 0.611. The van der Waals surface area contributed by atoms with Crippen LogP contribution in [0.1, 0.15) is 35.8 Å². The number of carbonyl (C=O) groups is 1. The predicted molar refractivity (Wildman–Crippen MR) is 115 cm³/mol. The van der Waals surface area contributed by atoms with E-state index in [1.54, 1.807) is 11.8 Å². The van der Waals surface area contributed by atoms with Crippen LogP contribution < -0.4 is 20.1 Å². The van der Waals surface area contributed by atoms with Crippen molar-refractivity contribution in [3.8, 4) is 0 Å². The Labute approximate surface area is 172 Å². The molecule has 2 heterocycles. The van der Waals surface area contributed by atoms with Gasteiger partial charge in [-0.2, -0.15) is 0 Å². The van der Waals surface area contributed by atoms with Crippen molar-refractivity contribution >= 4 is 22.6 Å². The minimum atomic E-state index is -0.459. The second kappa shape index (κ2) is 8.97. The second-order valence-corrected chi connectivity index (χ2v) is 8.41. The molecule has 3 N–H and O–H groups in total. The molecule has 29 heavy (non-hydrogen) atoms. The van der Waals surface area contributed by atoms with Crippen LogP contribution in [-0.4, -0.2) is 64.9 Å². The monoisotopic (exact) mass is 402 g/mol. The number of benzene rings is 1. The summed E-state index contributed by atoms with van der Waals surface area (Å²) in [6.07, 6.45) is 2.26. The quantitative estimate of drug-likeness (QED) is 0.568. The lowest BCUT2D eigenvalue weighted by atomic mass is 10.0. The fourth-order valence-electron chi connectivity index (χ4n) is 4.17. The van der Waals surface area contributed by atoms with Crippen LogP contribution in [0.15, 0.2) is 23.0 Å².